The second-order valence-corrected chi connectivity index (χ2v) is 7.57. The van der Waals surface area contributed by atoms with E-state index in [2.05, 4.69) is 20.6 Å². The molecule has 2 aromatic heterocycles. The molecule has 0 aliphatic carbocycles. The number of rotatable bonds is 5. The number of aromatic hydroxyl groups is 1. The third-order valence-electron chi connectivity index (χ3n) is 3.91. The minimum absolute atomic E-state index is 0.0359. The number of aromatic nitrogens is 2. The highest BCUT2D eigenvalue weighted by atomic mass is 35.5. The summed E-state index contributed by atoms with van der Waals surface area (Å²) in [5, 5.41) is 13.7. The monoisotopic (exact) mass is 490 g/mol. The number of alkyl halides is 3. The van der Waals surface area contributed by atoms with Gasteiger partial charge in [0, 0.05) is 6.54 Å². The van der Waals surface area contributed by atoms with Crippen molar-refractivity contribution in [3.05, 3.63) is 68.5 Å². The Morgan fingerprint density at radius 2 is 1.87 bits per heavy atom. The van der Waals surface area contributed by atoms with E-state index in [9.17, 15) is 27.9 Å². The van der Waals surface area contributed by atoms with E-state index in [0.29, 0.717) is 0 Å². The van der Waals surface area contributed by atoms with Crippen LogP contribution in [0.3, 0.4) is 0 Å². The van der Waals surface area contributed by atoms with E-state index in [0.717, 1.165) is 23.5 Å². The van der Waals surface area contributed by atoms with Crippen LogP contribution < -0.4 is 10.6 Å². The molecule has 0 bridgehead atoms. The fraction of sp³-hybridized carbons (Fsp3) is 0.111. The van der Waals surface area contributed by atoms with Crippen molar-refractivity contribution in [3.63, 3.8) is 0 Å². The highest BCUT2D eigenvalue weighted by Crippen LogP contribution is 2.32. The van der Waals surface area contributed by atoms with Crippen LogP contribution in [0.15, 0.2) is 35.8 Å². The van der Waals surface area contributed by atoms with Gasteiger partial charge in [0.2, 0.25) is 0 Å². The van der Waals surface area contributed by atoms with Crippen molar-refractivity contribution in [1.29, 1.82) is 0 Å². The van der Waals surface area contributed by atoms with Gasteiger partial charge in [0.1, 0.15) is 10.7 Å². The Balaban J connectivity index is 1.73. The predicted octanol–water partition coefficient (Wildman–Crippen LogP) is 4.75. The number of pyridine rings is 1. The van der Waals surface area contributed by atoms with E-state index in [1.807, 2.05) is 0 Å². The Morgan fingerprint density at radius 1 is 1.16 bits per heavy atom. The van der Waals surface area contributed by atoms with Gasteiger partial charge in [0.05, 0.1) is 16.1 Å². The number of amides is 2. The molecule has 7 nitrogen and oxygen atoms in total. The zero-order valence-corrected chi connectivity index (χ0v) is 17.5. The van der Waals surface area contributed by atoms with Crippen molar-refractivity contribution in [2.24, 2.45) is 0 Å². The molecule has 0 radical (unpaired) electrons. The Bertz CT molecular complexity index is 1130. The molecule has 0 aliphatic heterocycles. The van der Waals surface area contributed by atoms with Gasteiger partial charge in [-0.05, 0) is 17.7 Å². The molecule has 0 saturated carbocycles. The van der Waals surface area contributed by atoms with E-state index >= 15 is 0 Å². The number of nitrogens with one attached hydrogen (secondary N) is 2. The number of benzene rings is 1. The van der Waals surface area contributed by atoms with Crippen molar-refractivity contribution in [1.82, 2.24) is 15.3 Å². The summed E-state index contributed by atoms with van der Waals surface area (Å²) in [6.07, 6.45) is -4.57. The van der Waals surface area contributed by atoms with Gasteiger partial charge in [-0.1, -0.05) is 41.4 Å². The van der Waals surface area contributed by atoms with Crippen LogP contribution in [0.4, 0.5) is 18.2 Å². The summed E-state index contributed by atoms with van der Waals surface area (Å²) in [4.78, 5) is 32.4. The predicted molar refractivity (Wildman–Crippen MR) is 109 cm³/mol. The summed E-state index contributed by atoms with van der Waals surface area (Å²) in [5.74, 6) is -2.07. The lowest BCUT2D eigenvalue weighted by atomic mass is 10.1. The first-order valence-corrected chi connectivity index (χ1v) is 9.94. The van der Waals surface area contributed by atoms with Crippen molar-refractivity contribution >= 4 is 51.4 Å². The third-order valence-corrected chi connectivity index (χ3v) is 5.20. The summed E-state index contributed by atoms with van der Waals surface area (Å²) in [7, 11) is 0. The zero-order valence-electron chi connectivity index (χ0n) is 15.1. The smallest absolute Gasteiger partial charge is 0.416 e. The van der Waals surface area contributed by atoms with E-state index in [1.54, 1.807) is 0 Å². The van der Waals surface area contributed by atoms with Gasteiger partial charge >= 0.3 is 6.18 Å². The molecule has 1 aromatic carbocycles. The van der Waals surface area contributed by atoms with Crippen LogP contribution in [0.25, 0.3) is 0 Å². The standard InChI is InChI=1S/C18H11Cl2F3N4O3S/c19-10-5-11(26-14(20)13(10)28)15(29)27-17-12(25-7-31-17)16(30)24-6-8-3-1-2-4-9(8)18(21,22)23/h1-5,7,28H,6H2,(H,24,30)(H,27,29). The molecular weight excluding hydrogens is 480 g/mol. The first-order chi connectivity index (χ1) is 14.6. The number of thiazole rings is 1. The minimum atomic E-state index is -4.57. The number of anilines is 1. The average molecular weight is 491 g/mol. The number of hydrogen-bond donors (Lipinski definition) is 3. The van der Waals surface area contributed by atoms with Gasteiger partial charge < -0.3 is 15.7 Å². The van der Waals surface area contributed by atoms with Crippen LogP contribution in [0, 0.1) is 0 Å². The lowest BCUT2D eigenvalue weighted by Gasteiger charge is -2.13. The molecule has 2 amide bonds. The Hall–Kier alpha value is -2.89. The topological polar surface area (TPSA) is 104 Å². The molecule has 162 valence electrons. The van der Waals surface area contributed by atoms with Gasteiger partial charge in [-0.25, -0.2) is 9.97 Å². The largest absolute Gasteiger partial charge is 0.504 e. The quantitative estimate of drug-likeness (QED) is 0.447. The molecule has 31 heavy (non-hydrogen) atoms. The molecule has 0 unspecified atom stereocenters. The van der Waals surface area contributed by atoms with Crippen LogP contribution in [0.1, 0.15) is 32.1 Å². The minimum Gasteiger partial charge on any atom is -0.504 e. The number of hydrogen-bond acceptors (Lipinski definition) is 6. The first kappa shape index (κ1) is 22.8. The Morgan fingerprint density at radius 3 is 2.55 bits per heavy atom. The summed E-state index contributed by atoms with van der Waals surface area (Å²) in [5.41, 5.74) is -0.139. The highest BCUT2D eigenvalue weighted by Gasteiger charge is 2.33. The van der Waals surface area contributed by atoms with Crippen LogP contribution in [0.5, 0.6) is 5.75 Å². The normalized spacial score (nSPS) is 11.3. The maximum atomic E-state index is 13.1. The summed E-state index contributed by atoms with van der Waals surface area (Å²) in [6.45, 7) is -0.399. The molecule has 0 fully saturated rings. The number of carbonyl (C=O) groups is 2. The van der Waals surface area contributed by atoms with Crippen molar-refractivity contribution in [2.75, 3.05) is 5.32 Å². The van der Waals surface area contributed by atoms with Gasteiger partial charge in [-0.3, -0.25) is 9.59 Å². The van der Waals surface area contributed by atoms with Crippen LogP contribution in [-0.4, -0.2) is 26.9 Å². The second kappa shape index (κ2) is 9.08. The first-order valence-electron chi connectivity index (χ1n) is 8.31. The fourth-order valence-corrected chi connectivity index (χ4v) is 3.57. The molecule has 3 aromatic rings. The zero-order chi connectivity index (χ0) is 22.8. The molecule has 3 N–H and O–H groups in total. The summed E-state index contributed by atoms with van der Waals surface area (Å²) >= 11 is 12.4. The lowest BCUT2D eigenvalue weighted by Crippen LogP contribution is -2.26. The number of carbonyl (C=O) groups excluding carboxylic acids is 2. The number of halogens is 5. The van der Waals surface area contributed by atoms with Gasteiger partial charge in [0.15, 0.2) is 16.6 Å². The highest BCUT2D eigenvalue weighted by molar-refractivity contribution is 7.14. The summed E-state index contributed by atoms with van der Waals surface area (Å²) < 4.78 is 39.3. The van der Waals surface area contributed by atoms with E-state index in [-0.39, 0.29) is 32.1 Å². The lowest BCUT2D eigenvalue weighted by molar-refractivity contribution is -0.138. The summed E-state index contributed by atoms with van der Waals surface area (Å²) in [6, 6.07) is 5.91. The maximum Gasteiger partial charge on any atom is 0.416 e. The SMILES string of the molecule is O=C(Nc1scnc1C(=O)NCc1ccccc1C(F)(F)F)c1cc(Cl)c(O)c(Cl)n1. The van der Waals surface area contributed by atoms with Crippen LogP contribution >= 0.6 is 34.5 Å². The van der Waals surface area contributed by atoms with Gasteiger partial charge in [0.25, 0.3) is 11.8 Å². The van der Waals surface area contributed by atoms with Gasteiger partial charge in [-0.2, -0.15) is 13.2 Å². The van der Waals surface area contributed by atoms with Crippen LogP contribution in [0.2, 0.25) is 10.2 Å². The van der Waals surface area contributed by atoms with E-state index < -0.39 is 35.8 Å². The third kappa shape index (κ3) is 5.24. The van der Waals surface area contributed by atoms with Gasteiger partial charge in [-0.15, -0.1) is 11.3 Å². The Kier molecular flexibility index (Phi) is 6.68. The Labute approximate surface area is 186 Å². The van der Waals surface area contributed by atoms with E-state index in [1.165, 1.54) is 23.7 Å². The maximum absolute atomic E-state index is 13.1. The van der Waals surface area contributed by atoms with Crippen LogP contribution in [-0.2, 0) is 12.7 Å². The molecule has 2 heterocycles. The molecule has 0 aliphatic rings. The number of nitrogens with zero attached hydrogens (tertiary/aromatic N) is 2. The second-order valence-electron chi connectivity index (χ2n) is 5.95. The molecule has 0 atom stereocenters. The molecule has 3 rings (SSSR count). The van der Waals surface area contributed by atoms with Crippen molar-refractivity contribution in [2.45, 2.75) is 12.7 Å². The molecule has 0 saturated heterocycles. The fourth-order valence-electron chi connectivity index (χ4n) is 2.47. The molecule has 13 heteroatoms. The molecule has 0 spiro atoms. The van der Waals surface area contributed by atoms with Crippen molar-refractivity contribution < 1.29 is 27.9 Å². The van der Waals surface area contributed by atoms with E-state index in [4.69, 9.17) is 23.2 Å². The van der Waals surface area contributed by atoms with Crippen molar-refractivity contribution in [3.8, 4) is 5.75 Å². The average Bonchev–Trinajstić information content (AvgIpc) is 3.17. The molecular formula is C18H11Cl2F3N4O3S.